The molecule has 2 heterocycles. The third-order valence-electron chi connectivity index (χ3n) is 2.57. The van der Waals surface area contributed by atoms with E-state index in [9.17, 15) is 0 Å². The van der Waals surface area contributed by atoms with Crippen LogP contribution in [0.15, 0.2) is 41.7 Å². The lowest BCUT2D eigenvalue weighted by molar-refractivity contribution is 0.319. The SMILES string of the molecule is ON=C1c2ccc(Cl)cc2-n2cccc21. The molecule has 0 spiro atoms. The van der Waals surface area contributed by atoms with Crippen molar-refractivity contribution in [3.8, 4) is 5.69 Å². The highest BCUT2D eigenvalue weighted by molar-refractivity contribution is 6.31. The van der Waals surface area contributed by atoms with Gasteiger partial charge in [-0.2, -0.15) is 0 Å². The summed E-state index contributed by atoms with van der Waals surface area (Å²) in [5.74, 6) is 0. The minimum atomic E-state index is 0.590. The second-order valence-electron chi connectivity index (χ2n) is 3.37. The van der Waals surface area contributed by atoms with E-state index in [1.54, 1.807) is 6.07 Å². The van der Waals surface area contributed by atoms with E-state index in [0.717, 1.165) is 16.9 Å². The van der Waals surface area contributed by atoms with Gasteiger partial charge in [0.25, 0.3) is 0 Å². The molecule has 1 N–H and O–H groups in total. The first-order chi connectivity index (χ1) is 7.31. The highest BCUT2D eigenvalue weighted by atomic mass is 35.5. The Morgan fingerprint density at radius 1 is 1.27 bits per heavy atom. The standard InChI is InChI=1S/C11H7ClN2O/c12-7-3-4-8-10(6-7)14-5-1-2-9(14)11(8)13-15/h1-6,15H. The molecule has 0 fully saturated rings. The number of fused-ring (bicyclic) bond motifs is 3. The summed E-state index contributed by atoms with van der Waals surface area (Å²) in [6.07, 6.45) is 1.92. The normalized spacial score (nSPS) is 15.4. The van der Waals surface area contributed by atoms with E-state index in [1.165, 1.54) is 0 Å². The molecule has 15 heavy (non-hydrogen) atoms. The highest BCUT2D eigenvalue weighted by Crippen LogP contribution is 2.30. The van der Waals surface area contributed by atoms with Gasteiger partial charge in [0.05, 0.1) is 11.4 Å². The number of benzene rings is 1. The molecule has 0 atom stereocenters. The number of rotatable bonds is 0. The Labute approximate surface area is 91.2 Å². The summed E-state index contributed by atoms with van der Waals surface area (Å²) in [6.45, 7) is 0. The maximum Gasteiger partial charge on any atom is 0.135 e. The second-order valence-corrected chi connectivity index (χ2v) is 3.81. The van der Waals surface area contributed by atoms with Gasteiger partial charge >= 0.3 is 0 Å². The molecule has 3 rings (SSSR count). The summed E-state index contributed by atoms with van der Waals surface area (Å²) in [7, 11) is 0. The predicted molar refractivity (Wildman–Crippen MR) is 58.2 cm³/mol. The van der Waals surface area contributed by atoms with Crippen LogP contribution >= 0.6 is 11.6 Å². The molecule has 0 amide bonds. The second kappa shape index (κ2) is 2.87. The highest BCUT2D eigenvalue weighted by Gasteiger charge is 2.24. The average molecular weight is 219 g/mol. The lowest BCUT2D eigenvalue weighted by atomic mass is 10.1. The van der Waals surface area contributed by atoms with Gasteiger partial charge in [-0.25, -0.2) is 0 Å². The van der Waals surface area contributed by atoms with E-state index in [0.29, 0.717) is 10.7 Å². The molecule has 4 heteroatoms. The lowest BCUT2D eigenvalue weighted by Gasteiger charge is -2.00. The average Bonchev–Trinajstić information content (AvgIpc) is 2.77. The van der Waals surface area contributed by atoms with Crippen LogP contribution in [0.5, 0.6) is 0 Å². The molecule has 3 nitrogen and oxygen atoms in total. The first-order valence-corrected chi connectivity index (χ1v) is 4.89. The molecule has 1 aromatic heterocycles. The van der Waals surface area contributed by atoms with Crippen LogP contribution in [0.3, 0.4) is 0 Å². The molecule has 0 radical (unpaired) electrons. The molecule has 2 aromatic rings. The van der Waals surface area contributed by atoms with Crippen LogP contribution in [-0.2, 0) is 0 Å². The van der Waals surface area contributed by atoms with Crippen LogP contribution in [0.1, 0.15) is 11.3 Å². The number of oxime groups is 1. The number of nitrogens with zero attached hydrogens (tertiary/aromatic N) is 2. The molecule has 74 valence electrons. The maximum absolute atomic E-state index is 8.99. The van der Waals surface area contributed by atoms with Gasteiger partial charge in [-0.3, -0.25) is 0 Å². The zero-order chi connectivity index (χ0) is 10.4. The smallest absolute Gasteiger partial charge is 0.135 e. The quantitative estimate of drug-likeness (QED) is 0.457. The number of aromatic nitrogens is 1. The summed E-state index contributed by atoms with van der Waals surface area (Å²) >= 11 is 5.93. The predicted octanol–water partition coefficient (Wildman–Crippen LogP) is 2.67. The van der Waals surface area contributed by atoms with Crippen molar-refractivity contribution in [2.45, 2.75) is 0 Å². The van der Waals surface area contributed by atoms with Crippen molar-refractivity contribution in [2.24, 2.45) is 5.16 Å². The fourth-order valence-electron chi connectivity index (χ4n) is 1.93. The van der Waals surface area contributed by atoms with Gasteiger partial charge in [0.15, 0.2) is 0 Å². The van der Waals surface area contributed by atoms with E-state index in [2.05, 4.69) is 5.16 Å². The van der Waals surface area contributed by atoms with Gasteiger partial charge in [-0.05, 0) is 30.3 Å². The van der Waals surface area contributed by atoms with Crippen molar-refractivity contribution < 1.29 is 5.21 Å². The van der Waals surface area contributed by atoms with Gasteiger partial charge in [0, 0.05) is 16.8 Å². The van der Waals surface area contributed by atoms with Crippen molar-refractivity contribution in [3.63, 3.8) is 0 Å². The van der Waals surface area contributed by atoms with E-state index in [-0.39, 0.29) is 0 Å². The van der Waals surface area contributed by atoms with Crippen LogP contribution in [-0.4, -0.2) is 15.5 Å². The number of halogens is 1. The minimum Gasteiger partial charge on any atom is -0.410 e. The lowest BCUT2D eigenvalue weighted by Crippen LogP contribution is -1.97. The van der Waals surface area contributed by atoms with Crippen LogP contribution in [0.4, 0.5) is 0 Å². The summed E-state index contributed by atoms with van der Waals surface area (Å²) in [4.78, 5) is 0. The molecular formula is C11H7ClN2O. The van der Waals surface area contributed by atoms with E-state index in [1.807, 2.05) is 35.0 Å². The fraction of sp³-hybridized carbons (Fsp3) is 0. The molecule has 0 unspecified atom stereocenters. The van der Waals surface area contributed by atoms with Gasteiger partial charge in [0.1, 0.15) is 5.71 Å². The molecule has 1 aliphatic rings. The largest absolute Gasteiger partial charge is 0.410 e. The summed E-state index contributed by atoms with van der Waals surface area (Å²) in [6, 6.07) is 9.32. The Bertz CT molecular complexity index is 572. The van der Waals surface area contributed by atoms with Crippen LogP contribution in [0.25, 0.3) is 5.69 Å². The Morgan fingerprint density at radius 2 is 2.13 bits per heavy atom. The number of hydrogen-bond donors (Lipinski definition) is 1. The van der Waals surface area contributed by atoms with Crippen molar-refractivity contribution in [1.29, 1.82) is 0 Å². The fourth-order valence-corrected chi connectivity index (χ4v) is 2.10. The number of hydrogen-bond acceptors (Lipinski definition) is 2. The van der Waals surface area contributed by atoms with E-state index >= 15 is 0 Å². The Balaban J connectivity index is 2.39. The molecular weight excluding hydrogens is 212 g/mol. The van der Waals surface area contributed by atoms with Crippen LogP contribution < -0.4 is 0 Å². The van der Waals surface area contributed by atoms with Gasteiger partial charge < -0.3 is 9.77 Å². The Hall–Kier alpha value is -1.74. The Kier molecular flexibility index (Phi) is 1.64. The van der Waals surface area contributed by atoms with Crippen LogP contribution in [0.2, 0.25) is 5.02 Å². The van der Waals surface area contributed by atoms with Crippen molar-refractivity contribution in [2.75, 3.05) is 0 Å². The van der Waals surface area contributed by atoms with Crippen molar-refractivity contribution in [1.82, 2.24) is 4.57 Å². The third kappa shape index (κ3) is 1.04. The molecule has 1 aliphatic heterocycles. The molecule has 0 saturated carbocycles. The van der Waals surface area contributed by atoms with Crippen molar-refractivity contribution in [3.05, 3.63) is 52.8 Å². The van der Waals surface area contributed by atoms with E-state index in [4.69, 9.17) is 16.8 Å². The zero-order valence-electron chi connectivity index (χ0n) is 7.68. The first-order valence-electron chi connectivity index (χ1n) is 4.51. The topological polar surface area (TPSA) is 37.5 Å². The van der Waals surface area contributed by atoms with E-state index < -0.39 is 0 Å². The van der Waals surface area contributed by atoms with Gasteiger partial charge in [0.2, 0.25) is 0 Å². The monoisotopic (exact) mass is 218 g/mol. The van der Waals surface area contributed by atoms with Gasteiger partial charge in [-0.1, -0.05) is 16.8 Å². The minimum absolute atomic E-state index is 0.590. The van der Waals surface area contributed by atoms with Crippen LogP contribution in [0, 0.1) is 0 Å². The molecule has 1 aromatic carbocycles. The summed E-state index contributed by atoms with van der Waals surface area (Å²) in [5, 5.41) is 13.0. The summed E-state index contributed by atoms with van der Waals surface area (Å²) < 4.78 is 1.95. The maximum atomic E-state index is 8.99. The van der Waals surface area contributed by atoms with Crippen molar-refractivity contribution >= 4 is 17.3 Å². The molecule has 0 aliphatic carbocycles. The molecule has 0 saturated heterocycles. The Morgan fingerprint density at radius 3 is 2.93 bits per heavy atom. The zero-order valence-corrected chi connectivity index (χ0v) is 8.44. The molecule has 0 bridgehead atoms. The summed E-state index contributed by atoms with van der Waals surface area (Å²) in [5.41, 5.74) is 3.33. The third-order valence-corrected chi connectivity index (χ3v) is 2.80. The first kappa shape index (κ1) is 8.56. The van der Waals surface area contributed by atoms with Gasteiger partial charge in [-0.15, -0.1) is 0 Å².